The topological polar surface area (TPSA) is 42.9 Å². The van der Waals surface area contributed by atoms with E-state index in [1.165, 1.54) is 4.70 Å². The number of hydrogen-bond acceptors (Lipinski definition) is 4. The molecule has 2 aromatic carbocycles. The van der Waals surface area contributed by atoms with Crippen molar-refractivity contribution in [2.45, 2.75) is 6.42 Å². The molecule has 0 bridgehead atoms. The van der Waals surface area contributed by atoms with Gasteiger partial charge in [-0.2, -0.15) is 0 Å². The Morgan fingerprint density at radius 2 is 1.79 bits per heavy atom. The maximum atomic E-state index is 12.4. The van der Waals surface area contributed by atoms with E-state index in [0.717, 1.165) is 21.7 Å². The lowest BCUT2D eigenvalue weighted by molar-refractivity contribution is 0.0993. The van der Waals surface area contributed by atoms with Gasteiger partial charge in [0.05, 0.1) is 10.2 Å². The molecule has 4 heteroatoms. The fraction of sp³-hybridized carbons (Fsp3) is 0.0500. The van der Waals surface area contributed by atoms with Gasteiger partial charge in [0.2, 0.25) is 0 Å². The first-order valence-corrected chi connectivity index (χ1v) is 8.49. The molecule has 0 N–H and O–H groups in total. The summed E-state index contributed by atoms with van der Waals surface area (Å²) in [5, 5.41) is 0.981. The van der Waals surface area contributed by atoms with Crippen molar-refractivity contribution in [2.75, 3.05) is 0 Å². The van der Waals surface area contributed by atoms with E-state index in [9.17, 15) is 4.79 Å². The van der Waals surface area contributed by atoms with Gasteiger partial charge in [0, 0.05) is 29.9 Å². The largest absolute Gasteiger partial charge is 0.294 e. The number of hydrogen-bond donors (Lipinski definition) is 0. The zero-order valence-corrected chi connectivity index (χ0v) is 13.7. The van der Waals surface area contributed by atoms with Gasteiger partial charge in [0.15, 0.2) is 5.78 Å². The minimum absolute atomic E-state index is 0.0962. The molecule has 0 saturated carbocycles. The number of fused-ring (bicyclic) bond motifs is 1. The lowest BCUT2D eigenvalue weighted by Crippen LogP contribution is -2.03. The second-order valence-electron chi connectivity index (χ2n) is 5.52. The molecule has 0 atom stereocenters. The number of carbonyl (C=O) groups excluding carboxylic acids is 1. The number of nitrogens with zero attached hydrogens (tertiary/aromatic N) is 2. The Hall–Kier alpha value is -2.85. The third-order valence-corrected chi connectivity index (χ3v) is 4.92. The van der Waals surface area contributed by atoms with E-state index in [0.29, 0.717) is 12.0 Å². The maximum Gasteiger partial charge on any atom is 0.167 e. The molecule has 3 nitrogen and oxygen atoms in total. The molecule has 0 amide bonds. The van der Waals surface area contributed by atoms with Crippen LogP contribution in [0.4, 0.5) is 0 Å². The van der Waals surface area contributed by atoms with E-state index in [1.807, 2.05) is 36.4 Å². The molecule has 4 aromatic rings. The van der Waals surface area contributed by atoms with Gasteiger partial charge in [0.25, 0.3) is 0 Å². The first kappa shape index (κ1) is 14.7. The molecule has 0 unspecified atom stereocenters. The normalized spacial score (nSPS) is 10.8. The van der Waals surface area contributed by atoms with Gasteiger partial charge in [0.1, 0.15) is 5.01 Å². The van der Waals surface area contributed by atoms with Gasteiger partial charge in [-0.15, -0.1) is 11.3 Å². The summed E-state index contributed by atoms with van der Waals surface area (Å²) in [7, 11) is 0. The van der Waals surface area contributed by atoms with Crippen LogP contribution in [0, 0.1) is 0 Å². The number of benzene rings is 2. The van der Waals surface area contributed by atoms with Crippen LogP contribution >= 0.6 is 11.3 Å². The highest BCUT2D eigenvalue weighted by molar-refractivity contribution is 7.21. The smallest absolute Gasteiger partial charge is 0.167 e. The van der Waals surface area contributed by atoms with Crippen LogP contribution in [0.2, 0.25) is 0 Å². The van der Waals surface area contributed by atoms with Crippen molar-refractivity contribution < 1.29 is 4.79 Å². The highest BCUT2D eigenvalue weighted by Gasteiger charge is 2.10. The number of pyridine rings is 1. The Balaban J connectivity index is 1.63. The lowest BCUT2D eigenvalue weighted by atomic mass is 10.0. The van der Waals surface area contributed by atoms with Crippen LogP contribution in [0.1, 0.15) is 15.9 Å². The number of rotatable bonds is 4. The van der Waals surface area contributed by atoms with Crippen LogP contribution in [0.5, 0.6) is 0 Å². The van der Waals surface area contributed by atoms with Crippen LogP contribution in [-0.4, -0.2) is 15.8 Å². The maximum absolute atomic E-state index is 12.4. The number of ketones is 1. The predicted molar refractivity (Wildman–Crippen MR) is 97.3 cm³/mol. The van der Waals surface area contributed by atoms with Crippen molar-refractivity contribution in [3.05, 3.63) is 84.2 Å². The molecule has 116 valence electrons. The van der Waals surface area contributed by atoms with E-state index in [2.05, 4.69) is 22.1 Å². The van der Waals surface area contributed by atoms with E-state index < -0.39 is 0 Å². The van der Waals surface area contributed by atoms with Crippen LogP contribution in [-0.2, 0) is 6.42 Å². The van der Waals surface area contributed by atoms with Gasteiger partial charge in [-0.25, -0.2) is 4.98 Å². The predicted octanol–water partition coefficient (Wildman–Crippen LogP) is 4.78. The molecule has 0 aliphatic carbocycles. The molecule has 0 saturated heterocycles. The molecule has 0 aliphatic heterocycles. The zero-order chi connectivity index (χ0) is 16.4. The van der Waals surface area contributed by atoms with Crippen LogP contribution < -0.4 is 0 Å². The summed E-state index contributed by atoms with van der Waals surface area (Å²) in [6, 6.07) is 19.7. The molecular formula is C20H14N2OS. The van der Waals surface area contributed by atoms with Crippen molar-refractivity contribution in [1.29, 1.82) is 0 Å². The summed E-state index contributed by atoms with van der Waals surface area (Å²) in [5.41, 5.74) is 3.75. The number of para-hydroxylation sites is 1. The molecule has 0 fully saturated rings. The summed E-state index contributed by atoms with van der Waals surface area (Å²) in [4.78, 5) is 21.0. The monoisotopic (exact) mass is 330 g/mol. The van der Waals surface area contributed by atoms with Gasteiger partial charge in [-0.3, -0.25) is 9.78 Å². The summed E-state index contributed by atoms with van der Waals surface area (Å²) >= 11 is 1.67. The molecule has 0 spiro atoms. The first-order valence-electron chi connectivity index (χ1n) is 7.68. The highest BCUT2D eigenvalue weighted by atomic mass is 32.1. The lowest BCUT2D eigenvalue weighted by Gasteiger charge is -2.03. The zero-order valence-electron chi connectivity index (χ0n) is 12.8. The van der Waals surface area contributed by atoms with E-state index >= 15 is 0 Å². The minimum atomic E-state index is 0.0962. The third kappa shape index (κ3) is 2.96. The minimum Gasteiger partial charge on any atom is -0.294 e. The van der Waals surface area contributed by atoms with E-state index in [4.69, 9.17) is 0 Å². The SMILES string of the molecule is O=C(Cc1cccc(-c2nc3ccccc3s2)c1)c1ccncc1. The quantitative estimate of drug-likeness (QED) is 0.506. The van der Waals surface area contributed by atoms with Crippen molar-refractivity contribution in [1.82, 2.24) is 9.97 Å². The standard InChI is InChI=1S/C20H14N2OS/c23-18(15-8-10-21-11-9-15)13-14-4-3-5-16(12-14)20-22-17-6-1-2-7-19(17)24-20/h1-12H,13H2. The number of carbonyl (C=O) groups is 1. The highest BCUT2D eigenvalue weighted by Crippen LogP contribution is 2.30. The number of thiazole rings is 1. The average molecular weight is 330 g/mol. The van der Waals surface area contributed by atoms with Gasteiger partial charge in [-0.05, 0) is 35.9 Å². The third-order valence-electron chi connectivity index (χ3n) is 3.83. The summed E-state index contributed by atoms with van der Waals surface area (Å²) in [6.45, 7) is 0. The van der Waals surface area contributed by atoms with Crippen LogP contribution in [0.3, 0.4) is 0 Å². The van der Waals surface area contributed by atoms with Crippen molar-refractivity contribution in [3.8, 4) is 10.6 Å². The molecule has 0 radical (unpaired) electrons. The van der Waals surface area contributed by atoms with E-state index in [1.54, 1.807) is 35.9 Å². The second-order valence-corrected chi connectivity index (χ2v) is 6.55. The van der Waals surface area contributed by atoms with Crippen molar-refractivity contribution in [2.24, 2.45) is 0 Å². The van der Waals surface area contributed by atoms with Crippen LogP contribution in [0.15, 0.2) is 73.1 Å². The second kappa shape index (κ2) is 6.34. The fourth-order valence-corrected chi connectivity index (χ4v) is 3.60. The number of Topliss-reactive ketones (excluding diaryl/α,β-unsaturated/α-hetero) is 1. The fourth-order valence-electron chi connectivity index (χ4n) is 2.64. The Kier molecular flexibility index (Phi) is 3.89. The Bertz CT molecular complexity index is 975. The molecular weight excluding hydrogens is 316 g/mol. The number of aromatic nitrogens is 2. The Morgan fingerprint density at radius 3 is 2.62 bits per heavy atom. The summed E-state index contributed by atoms with van der Waals surface area (Å²) in [6.07, 6.45) is 3.66. The van der Waals surface area contributed by atoms with Gasteiger partial charge < -0.3 is 0 Å². The van der Waals surface area contributed by atoms with Gasteiger partial charge >= 0.3 is 0 Å². The summed E-state index contributed by atoms with van der Waals surface area (Å²) in [5.74, 6) is 0.0962. The van der Waals surface area contributed by atoms with Crippen LogP contribution in [0.25, 0.3) is 20.8 Å². The Morgan fingerprint density at radius 1 is 0.958 bits per heavy atom. The van der Waals surface area contributed by atoms with Crippen molar-refractivity contribution in [3.63, 3.8) is 0 Å². The molecule has 0 aliphatic rings. The van der Waals surface area contributed by atoms with Gasteiger partial charge in [-0.1, -0.05) is 30.3 Å². The Labute approximate surface area is 143 Å². The first-order chi connectivity index (χ1) is 11.8. The van der Waals surface area contributed by atoms with Crippen molar-refractivity contribution >= 4 is 27.3 Å². The molecule has 2 heterocycles. The van der Waals surface area contributed by atoms with E-state index in [-0.39, 0.29) is 5.78 Å². The molecule has 2 aromatic heterocycles. The molecule has 24 heavy (non-hydrogen) atoms. The molecule has 4 rings (SSSR count). The summed E-state index contributed by atoms with van der Waals surface area (Å²) < 4.78 is 1.17. The average Bonchev–Trinajstić information content (AvgIpc) is 3.07.